The van der Waals surface area contributed by atoms with Crippen LogP contribution in [0.2, 0.25) is 0 Å². The zero-order valence-corrected chi connectivity index (χ0v) is 11.9. The summed E-state index contributed by atoms with van der Waals surface area (Å²) in [5, 5.41) is 5.21. The van der Waals surface area contributed by atoms with E-state index < -0.39 is 0 Å². The number of halogens is 1. The van der Waals surface area contributed by atoms with Crippen LogP contribution in [0.5, 0.6) is 0 Å². The molecule has 0 saturated carbocycles. The zero-order chi connectivity index (χ0) is 12.3. The van der Waals surface area contributed by atoms with Gasteiger partial charge in [0.05, 0.1) is 18.9 Å². The molecule has 0 aromatic carbocycles. The molecule has 0 aliphatic rings. The Morgan fingerprint density at radius 1 is 1.47 bits per heavy atom. The van der Waals surface area contributed by atoms with Crippen molar-refractivity contribution in [2.75, 3.05) is 5.32 Å². The lowest BCUT2D eigenvalue weighted by Gasteiger charge is -2.04. The predicted octanol–water partition coefficient (Wildman–Crippen LogP) is 2.55. The van der Waals surface area contributed by atoms with E-state index in [0.717, 1.165) is 4.47 Å². The van der Waals surface area contributed by atoms with Crippen molar-refractivity contribution < 1.29 is 0 Å². The molecule has 0 aliphatic carbocycles. The van der Waals surface area contributed by atoms with Crippen LogP contribution in [0.3, 0.4) is 0 Å². The van der Waals surface area contributed by atoms with E-state index in [1.807, 2.05) is 11.4 Å². The SMILES string of the molecule is NC(=S)c1cnc(NCc2sccc2Br)cn1. The van der Waals surface area contributed by atoms with Crippen molar-refractivity contribution in [1.82, 2.24) is 9.97 Å². The van der Waals surface area contributed by atoms with Crippen LogP contribution in [0.25, 0.3) is 0 Å². The number of aromatic nitrogens is 2. The highest BCUT2D eigenvalue weighted by atomic mass is 79.9. The van der Waals surface area contributed by atoms with Crippen molar-refractivity contribution in [2.24, 2.45) is 5.73 Å². The fourth-order valence-corrected chi connectivity index (χ4v) is 2.71. The van der Waals surface area contributed by atoms with Crippen LogP contribution < -0.4 is 11.1 Å². The minimum absolute atomic E-state index is 0.255. The third-order valence-electron chi connectivity index (χ3n) is 2.03. The lowest BCUT2D eigenvalue weighted by atomic mass is 10.4. The fraction of sp³-hybridized carbons (Fsp3) is 0.100. The molecule has 0 bridgehead atoms. The van der Waals surface area contributed by atoms with Gasteiger partial charge in [-0.3, -0.25) is 0 Å². The van der Waals surface area contributed by atoms with Gasteiger partial charge in [0.25, 0.3) is 0 Å². The molecule has 0 aliphatic heterocycles. The van der Waals surface area contributed by atoms with Gasteiger partial charge in [0.2, 0.25) is 0 Å². The van der Waals surface area contributed by atoms with Gasteiger partial charge in [-0.25, -0.2) is 9.97 Å². The van der Waals surface area contributed by atoms with Crippen LogP contribution in [-0.2, 0) is 6.54 Å². The maximum Gasteiger partial charge on any atom is 0.144 e. The van der Waals surface area contributed by atoms with Crippen molar-refractivity contribution in [2.45, 2.75) is 6.54 Å². The molecule has 4 nitrogen and oxygen atoms in total. The lowest BCUT2D eigenvalue weighted by molar-refractivity contribution is 1.10. The Kier molecular flexibility index (Phi) is 4.03. The topological polar surface area (TPSA) is 63.8 Å². The lowest BCUT2D eigenvalue weighted by Crippen LogP contribution is -2.12. The normalized spacial score (nSPS) is 10.2. The van der Waals surface area contributed by atoms with Gasteiger partial charge in [-0.1, -0.05) is 12.2 Å². The molecule has 2 heterocycles. The second-order valence-electron chi connectivity index (χ2n) is 3.20. The summed E-state index contributed by atoms with van der Waals surface area (Å²) >= 11 is 9.95. The van der Waals surface area contributed by atoms with Crippen molar-refractivity contribution in [3.63, 3.8) is 0 Å². The van der Waals surface area contributed by atoms with E-state index >= 15 is 0 Å². The molecule has 0 radical (unpaired) electrons. The summed E-state index contributed by atoms with van der Waals surface area (Å²) in [7, 11) is 0. The molecule has 0 atom stereocenters. The Labute approximate surface area is 116 Å². The standard InChI is InChI=1S/C10H9BrN4S2/c11-6-1-2-17-8(6)4-15-9-5-13-7(3-14-9)10(12)16/h1-3,5H,4H2,(H2,12,16)(H,14,15). The predicted molar refractivity (Wildman–Crippen MR) is 77.3 cm³/mol. The molecule has 17 heavy (non-hydrogen) atoms. The Balaban J connectivity index is 2.00. The summed E-state index contributed by atoms with van der Waals surface area (Å²) in [6.45, 7) is 0.708. The van der Waals surface area contributed by atoms with Crippen LogP contribution in [0.15, 0.2) is 28.3 Å². The number of nitrogens with two attached hydrogens (primary N) is 1. The van der Waals surface area contributed by atoms with Gasteiger partial charge in [0.1, 0.15) is 16.5 Å². The molecule has 0 unspecified atom stereocenters. The van der Waals surface area contributed by atoms with Gasteiger partial charge in [0, 0.05) is 9.35 Å². The molecule has 3 N–H and O–H groups in total. The summed E-state index contributed by atoms with van der Waals surface area (Å²) < 4.78 is 1.10. The number of nitrogens with zero attached hydrogens (tertiary/aromatic N) is 2. The van der Waals surface area contributed by atoms with Crippen molar-refractivity contribution in [3.05, 3.63) is 38.9 Å². The third kappa shape index (κ3) is 3.21. The highest BCUT2D eigenvalue weighted by molar-refractivity contribution is 9.10. The van der Waals surface area contributed by atoms with E-state index in [0.29, 0.717) is 18.1 Å². The smallest absolute Gasteiger partial charge is 0.144 e. The Morgan fingerprint density at radius 3 is 2.82 bits per heavy atom. The first-order valence-corrected chi connectivity index (χ1v) is 6.82. The fourth-order valence-electron chi connectivity index (χ4n) is 1.17. The van der Waals surface area contributed by atoms with E-state index in [2.05, 4.69) is 31.2 Å². The average molecular weight is 329 g/mol. The minimum atomic E-state index is 0.255. The van der Waals surface area contributed by atoms with E-state index in [1.54, 1.807) is 23.7 Å². The zero-order valence-electron chi connectivity index (χ0n) is 8.68. The maximum absolute atomic E-state index is 5.44. The van der Waals surface area contributed by atoms with Gasteiger partial charge >= 0.3 is 0 Å². The largest absolute Gasteiger partial charge is 0.388 e. The molecular formula is C10H9BrN4S2. The number of thiocarbonyl (C=S) groups is 1. The molecule has 0 fully saturated rings. The summed E-state index contributed by atoms with van der Waals surface area (Å²) in [6.07, 6.45) is 3.18. The number of nitrogens with one attached hydrogen (secondary N) is 1. The first-order valence-electron chi connectivity index (χ1n) is 4.74. The molecule has 0 amide bonds. The average Bonchev–Trinajstić information content (AvgIpc) is 2.73. The van der Waals surface area contributed by atoms with E-state index in [9.17, 15) is 0 Å². The van der Waals surface area contributed by atoms with E-state index in [1.165, 1.54) is 4.88 Å². The second kappa shape index (κ2) is 5.52. The second-order valence-corrected chi connectivity index (χ2v) is 5.49. The quantitative estimate of drug-likeness (QED) is 0.844. The number of anilines is 1. The van der Waals surface area contributed by atoms with Crippen LogP contribution in [0.1, 0.15) is 10.6 Å². The van der Waals surface area contributed by atoms with Gasteiger partial charge in [-0.2, -0.15) is 0 Å². The number of rotatable bonds is 4. The molecule has 88 valence electrons. The van der Waals surface area contributed by atoms with Crippen LogP contribution >= 0.6 is 39.5 Å². The van der Waals surface area contributed by atoms with Crippen molar-refractivity contribution >= 4 is 50.3 Å². The Bertz CT molecular complexity index is 523. The third-order valence-corrected chi connectivity index (χ3v) is 4.16. The molecule has 2 aromatic heterocycles. The van der Waals surface area contributed by atoms with Gasteiger partial charge < -0.3 is 11.1 Å². The molecule has 0 saturated heterocycles. The maximum atomic E-state index is 5.44. The molecule has 0 spiro atoms. The number of hydrogen-bond donors (Lipinski definition) is 2. The van der Waals surface area contributed by atoms with E-state index in [-0.39, 0.29) is 4.99 Å². The monoisotopic (exact) mass is 328 g/mol. The number of thiophene rings is 1. The molecule has 7 heteroatoms. The summed E-state index contributed by atoms with van der Waals surface area (Å²) in [5.41, 5.74) is 5.97. The molecule has 2 aromatic rings. The minimum Gasteiger partial charge on any atom is -0.388 e. The van der Waals surface area contributed by atoms with Crippen molar-refractivity contribution in [3.8, 4) is 0 Å². The molecule has 2 rings (SSSR count). The van der Waals surface area contributed by atoms with Crippen molar-refractivity contribution in [1.29, 1.82) is 0 Å². The Hall–Kier alpha value is -1.05. The first kappa shape index (κ1) is 12.4. The summed E-state index contributed by atoms with van der Waals surface area (Å²) in [5.74, 6) is 0.699. The van der Waals surface area contributed by atoms with Crippen LogP contribution in [0.4, 0.5) is 5.82 Å². The highest BCUT2D eigenvalue weighted by Gasteiger charge is 2.03. The van der Waals surface area contributed by atoms with Gasteiger partial charge in [-0.15, -0.1) is 11.3 Å². The summed E-state index contributed by atoms with van der Waals surface area (Å²) in [6, 6.07) is 2.02. The highest BCUT2D eigenvalue weighted by Crippen LogP contribution is 2.23. The van der Waals surface area contributed by atoms with E-state index in [4.69, 9.17) is 18.0 Å². The summed E-state index contributed by atoms with van der Waals surface area (Å²) in [4.78, 5) is 9.75. The first-order chi connectivity index (χ1) is 8.16. The van der Waals surface area contributed by atoms with Gasteiger partial charge in [0.15, 0.2) is 0 Å². The van der Waals surface area contributed by atoms with Crippen LogP contribution in [0, 0.1) is 0 Å². The Morgan fingerprint density at radius 2 is 2.29 bits per heavy atom. The van der Waals surface area contributed by atoms with Crippen LogP contribution in [-0.4, -0.2) is 15.0 Å². The van der Waals surface area contributed by atoms with Gasteiger partial charge in [-0.05, 0) is 27.4 Å². The number of hydrogen-bond acceptors (Lipinski definition) is 5. The molecular weight excluding hydrogens is 320 g/mol.